The number of hydrogen-bond acceptors (Lipinski definition) is 5. The maximum absolute atomic E-state index is 12.1. The SMILES string of the molecule is CN(C)CCNc1ncc(C(=O)Nc2cc(Cl)cc(Cl)c2)cn1. The van der Waals surface area contributed by atoms with Gasteiger partial charge in [0, 0.05) is 41.2 Å². The molecule has 0 bridgehead atoms. The average Bonchev–Trinajstić information content (AvgIpc) is 2.46. The lowest BCUT2D eigenvalue weighted by Crippen LogP contribution is -2.21. The van der Waals surface area contributed by atoms with Crippen LogP contribution in [0, 0.1) is 0 Å². The first-order valence-corrected chi connectivity index (χ1v) is 7.68. The third kappa shape index (κ3) is 5.67. The number of hydrogen-bond donors (Lipinski definition) is 2. The summed E-state index contributed by atoms with van der Waals surface area (Å²) in [5.74, 6) is 0.150. The van der Waals surface area contributed by atoms with Gasteiger partial charge in [-0.1, -0.05) is 23.2 Å². The third-order valence-corrected chi connectivity index (χ3v) is 3.31. The van der Waals surface area contributed by atoms with Gasteiger partial charge in [-0.25, -0.2) is 9.97 Å². The molecule has 8 heteroatoms. The molecule has 2 aromatic rings. The summed E-state index contributed by atoms with van der Waals surface area (Å²) in [6, 6.07) is 4.82. The zero-order valence-electron chi connectivity index (χ0n) is 12.8. The fourth-order valence-corrected chi connectivity index (χ4v) is 2.28. The predicted molar refractivity (Wildman–Crippen MR) is 93.5 cm³/mol. The normalized spacial score (nSPS) is 10.7. The van der Waals surface area contributed by atoms with E-state index >= 15 is 0 Å². The van der Waals surface area contributed by atoms with Gasteiger partial charge in [-0.15, -0.1) is 0 Å². The molecule has 0 fully saturated rings. The van der Waals surface area contributed by atoms with Gasteiger partial charge >= 0.3 is 0 Å². The summed E-state index contributed by atoms with van der Waals surface area (Å²) in [6.07, 6.45) is 2.93. The van der Waals surface area contributed by atoms with Crippen LogP contribution in [0.4, 0.5) is 11.6 Å². The van der Waals surface area contributed by atoms with Gasteiger partial charge in [-0.2, -0.15) is 0 Å². The van der Waals surface area contributed by atoms with Crippen molar-refractivity contribution in [1.29, 1.82) is 0 Å². The zero-order chi connectivity index (χ0) is 16.8. The molecule has 0 aliphatic rings. The molecule has 0 saturated heterocycles. The third-order valence-electron chi connectivity index (χ3n) is 2.88. The number of nitrogens with zero attached hydrogens (tertiary/aromatic N) is 3. The molecule has 1 heterocycles. The summed E-state index contributed by atoms with van der Waals surface area (Å²) in [4.78, 5) is 22.4. The number of aromatic nitrogens is 2. The van der Waals surface area contributed by atoms with E-state index in [1.165, 1.54) is 12.4 Å². The van der Waals surface area contributed by atoms with Gasteiger partial charge in [0.1, 0.15) is 0 Å². The van der Waals surface area contributed by atoms with Crippen LogP contribution in [0.1, 0.15) is 10.4 Å². The molecule has 0 radical (unpaired) electrons. The van der Waals surface area contributed by atoms with E-state index in [2.05, 4.69) is 20.6 Å². The summed E-state index contributed by atoms with van der Waals surface area (Å²) in [5, 5.41) is 6.68. The number of nitrogens with one attached hydrogen (secondary N) is 2. The van der Waals surface area contributed by atoms with E-state index in [1.54, 1.807) is 18.2 Å². The van der Waals surface area contributed by atoms with Crippen LogP contribution < -0.4 is 10.6 Å². The van der Waals surface area contributed by atoms with E-state index < -0.39 is 0 Å². The molecule has 1 aromatic heterocycles. The first-order valence-electron chi connectivity index (χ1n) is 6.92. The zero-order valence-corrected chi connectivity index (χ0v) is 14.3. The Morgan fingerprint density at radius 2 is 1.74 bits per heavy atom. The molecule has 0 aliphatic heterocycles. The lowest BCUT2D eigenvalue weighted by Gasteiger charge is -2.10. The van der Waals surface area contributed by atoms with Crippen LogP contribution >= 0.6 is 23.2 Å². The second kappa shape index (κ2) is 8.10. The van der Waals surface area contributed by atoms with Crippen molar-refractivity contribution in [2.45, 2.75) is 0 Å². The van der Waals surface area contributed by atoms with Crippen molar-refractivity contribution >= 4 is 40.7 Å². The molecular weight excluding hydrogens is 337 g/mol. The Balaban J connectivity index is 1.97. The van der Waals surface area contributed by atoms with Gasteiger partial charge in [0.2, 0.25) is 5.95 Å². The molecular formula is C15H17Cl2N5O. The van der Waals surface area contributed by atoms with Crippen LogP contribution in [-0.2, 0) is 0 Å². The Morgan fingerprint density at radius 3 is 2.30 bits per heavy atom. The van der Waals surface area contributed by atoms with E-state index in [9.17, 15) is 4.79 Å². The molecule has 0 saturated carbocycles. The summed E-state index contributed by atoms with van der Waals surface area (Å²) in [6.45, 7) is 1.58. The number of rotatable bonds is 6. The van der Waals surface area contributed by atoms with Crippen LogP contribution in [0.2, 0.25) is 10.0 Å². The Labute approximate surface area is 144 Å². The Hall–Kier alpha value is -1.89. The summed E-state index contributed by atoms with van der Waals surface area (Å²) < 4.78 is 0. The minimum Gasteiger partial charge on any atom is -0.353 e. The predicted octanol–water partition coefficient (Wildman–Crippen LogP) is 3.01. The molecule has 1 aromatic carbocycles. The molecule has 122 valence electrons. The summed E-state index contributed by atoms with van der Waals surface area (Å²) in [7, 11) is 3.97. The van der Waals surface area contributed by atoms with E-state index in [1.807, 2.05) is 19.0 Å². The lowest BCUT2D eigenvalue weighted by atomic mass is 10.3. The van der Waals surface area contributed by atoms with Gasteiger partial charge in [-0.3, -0.25) is 4.79 Å². The first-order chi connectivity index (χ1) is 10.9. The maximum atomic E-state index is 12.1. The van der Waals surface area contributed by atoms with Crippen molar-refractivity contribution in [3.05, 3.63) is 46.2 Å². The van der Waals surface area contributed by atoms with E-state index in [4.69, 9.17) is 23.2 Å². The molecule has 0 spiro atoms. The highest BCUT2D eigenvalue weighted by Crippen LogP contribution is 2.22. The number of halogens is 2. The molecule has 0 atom stereocenters. The lowest BCUT2D eigenvalue weighted by molar-refractivity contribution is 0.102. The van der Waals surface area contributed by atoms with Crippen LogP contribution in [0.3, 0.4) is 0 Å². The number of carbonyl (C=O) groups is 1. The van der Waals surface area contributed by atoms with Gasteiger partial charge < -0.3 is 15.5 Å². The van der Waals surface area contributed by atoms with Crippen molar-refractivity contribution in [3.63, 3.8) is 0 Å². The summed E-state index contributed by atoms with van der Waals surface area (Å²) >= 11 is 11.8. The fourth-order valence-electron chi connectivity index (χ4n) is 1.76. The number of benzene rings is 1. The first kappa shape index (κ1) is 17.5. The highest BCUT2D eigenvalue weighted by atomic mass is 35.5. The smallest absolute Gasteiger partial charge is 0.258 e. The number of amides is 1. The second-order valence-corrected chi connectivity index (χ2v) is 6.01. The minimum absolute atomic E-state index is 0.330. The van der Waals surface area contributed by atoms with Gasteiger partial charge in [0.25, 0.3) is 5.91 Å². The highest BCUT2D eigenvalue weighted by Gasteiger charge is 2.09. The minimum atomic E-state index is -0.330. The molecule has 2 rings (SSSR count). The quantitative estimate of drug-likeness (QED) is 0.835. The maximum Gasteiger partial charge on any atom is 0.258 e. The Bertz CT molecular complexity index is 656. The largest absolute Gasteiger partial charge is 0.353 e. The molecule has 0 aliphatic carbocycles. The fraction of sp³-hybridized carbons (Fsp3) is 0.267. The number of carbonyl (C=O) groups excluding carboxylic acids is 1. The summed E-state index contributed by atoms with van der Waals surface area (Å²) in [5.41, 5.74) is 0.861. The number of likely N-dealkylation sites (N-methyl/N-ethyl adjacent to an activating group) is 1. The van der Waals surface area contributed by atoms with Crippen LogP contribution in [0.25, 0.3) is 0 Å². The van der Waals surface area contributed by atoms with Gasteiger partial charge in [0.15, 0.2) is 0 Å². The highest BCUT2D eigenvalue weighted by molar-refractivity contribution is 6.35. The van der Waals surface area contributed by atoms with Crippen LogP contribution in [0.5, 0.6) is 0 Å². The molecule has 2 N–H and O–H groups in total. The monoisotopic (exact) mass is 353 g/mol. The average molecular weight is 354 g/mol. The topological polar surface area (TPSA) is 70.2 Å². The van der Waals surface area contributed by atoms with Crippen molar-refractivity contribution in [2.75, 3.05) is 37.8 Å². The van der Waals surface area contributed by atoms with Crippen LogP contribution in [0.15, 0.2) is 30.6 Å². The molecule has 1 amide bonds. The molecule has 23 heavy (non-hydrogen) atoms. The number of anilines is 2. The Morgan fingerprint density at radius 1 is 1.13 bits per heavy atom. The van der Waals surface area contributed by atoms with Crippen molar-refractivity contribution < 1.29 is 4.79 Å². The Kier molecular flexibility index (Phi) is 6.15. The van der Waals surface area contributed by atoms with E-state index in [0.717, 1.165) is 13.1 Å². The second-order valence-electron chi connectivity index (χ2n) is 5.14. The standard InChI is InChI=1S/C15H17Cl2N5O/c1-22(2)4-3-18-15-19-8-10(9-20-15)14(23)21-13-6-11(16)5-12(17)7-13/h5-9H,3-4H2,1-2H3,(H,21,23)(H,18,19,20). The van der Waals surface area contributed by atoms with Gasteiger partial charge in [0.05, 0.1) is 5.56 Å². The van der Waals surface area contributed by atoms with Crippen molar-refractivity contribution in [1.82, 2.24) is 14.9 Å². The molecule has 0 unspecified atom stereocenters. The van der Waals surface area contributed by atoms with E-state index in [0.29, 0.717) is 27.2 Å². The van der Waals surface area contributed by atoms with Crippen LogP contribution in [-0.4, -0.2) is 48.0 Å². The van der Waals surface area contributed by atoms with E-state index in [-0.39, 0.29) is 5.91 Å². The van der Waals surface area contributed by atoms with Crippen molar-refractivity contribution in [3.8, 4) is 0 Å². The van der Waals surface area contributed by atoms with Crippen molar-refractivity contribution in [2.24, 2.45) is 0 Å². The van der Waals surface area contributed by atoms with Gasteiger partial charge in [-0.05, 0) is 32.3 Å². The molecule has 6 nitrogen and oxygen atoms in total.